The van der Waals surface area contributed by atoms with E-state index in [-0.39, 0.29) is 12.1 Å². The molecule has 16 heavy (non-hydrogen) atoms. The molecule has 2 heteroatoms. The third-order valence-electron chi connectivity index (χ3n) is 4.58. The van der Waals surface area contributed by atoms with Gasteiger partial charge in [-0.2, -0.15) is 0 Å². The summed E-state index contributed by atoms with van der Waals surface area (Å²) in [6.45, 7) is 6.02. The Morgan fingerprint density at radius 1 is 1.50 bits per heavy atom. The Bertz CT molecular complexity index is 319. The number of fused-ring (bicyclic) bond motifs is 1. The quantitative estimate of drug-likeness (QED) is 0.501. The highest BCUT2D eigenvalue weighted by Gasteiger charge is 2.49. The van der Waals surface area contributed by atoms with Crippen molar-refractivity contribution < 1.29 is 9.53 Å². The Morgan fingerprint density at radius 3 is 2.88 bits per heavy atom. The van der Waals surface area contributed by atoms with Crippen molar-refractivity contribution in [1.29, 1.82) is 0 Å². The highest BCUT2D eigenvalue weighted by Crippen LogP contribution is 2.55. The van der Waals surface area contributed by atoms with E-state index in [1.54, 1.807) is 5.57 Å². The van der Waals surface area contributed by atoms with Crippen molar-refractivity contribution in [2.24, 2.45) is 11.3 Å². The number of carbonyl (C=O) groups is 1. The maximum atomic E-state index is 11.1. The monoisotopic (exact) mass is 222 g/mol. The van der Waals surface area contributed by atoms with Gasteiger partial charge in [0.25, 0.3) is 0 Å². The van der Waals surface area contributed by atoms with Crippen molar-refractivity contribution in [3.63, 3.8) is 0 Å². The van der Waals surface area contributed by atoms with E-state index in [2.05, 4.69) is 19.9 Å². The first-order valence-corrected chi connectivity index (χ1v) is 6.41. The molecule has 0 heterocycles. The molecule has 90 valence electrons. The minimum Gasteiger partial charge on any atom is -0.462 e. The molecule has 2 fully saturated rings. The van der Waals surface area contributed by atoms with Gasteiger partial charge in [0.05, 0.1) is 0 Å². The average molecular weight is 222 g/mol. The van der Waals surface area contributed by atoms with Crippen molar-refractivity contribution in [3.05, 3.63) is 11.6 Å². The van der Waals surface area contributed by atoms with Crippen LogP contribution in [0.4, 0.5) is 0 Å². The summed E-state index contributed by atoms with van der Waals surface area (Å²) in [5, 5.41) is 0. The van der Waals surface area contributed by atoms with Crippen LogP contribution < -0.4 is 0 Å². The zero-order valence-electron chi connectivity index (χ0n) is 10.6. The second-order valence-electron chi connectivity index (χ2n) is 5.42. The van der Waals surface area contributed by atoms with Gasteiger partial charge in [0.1, 0.15) is 6.10 Å². The van der Waals surface area contributed by atoms with Gasteiger partial charge in [-0.1, -0.05) is 18.6 Å². The van der Waals surface area contributed by atoms with Crippen molar-refractivity contribution in [2.75, 3.05) is 0 Å². The Kier molecular flexibility index (Phi) is 3.09. The lowest BCUT2D eigenvalue weighted by molar-refractivity contribution is -0.153. The van der Waals surface area contributed by atoms with Crippen LogP contribution in [0.25, 0.3) is 0 Å². The van der Waals surface area contributed by atoms with E-state index in [0.29, 0.717) is 11.3 Å². The van der Waals surface area contributed by atoms with Gasteiger partial charge in [0.15, 0.2) is 0 Å². The molecule has 0 aromatic carbocycles. The van der Waals surface area contributed by atoms with E-state index in [1.165, 1.54) is 32.6 Å². The first kappa shape index (κ1) is 11.7. The summed E-state index contributed by atoms with van der Waals surface area (Å²) in [7, 11) is 0. The van der Waals surface area contributed by atoms with Gasteiger partial charge in [-0.15, -0.1) is 0 Å². The van der Waals surface area contributed by atoms with Gasteiger partial charge >= 0.3 is 5.97 Å². The molecule has 0 aliphatic heterocycles. The number of rotatable bonds is 1. The minimum atomic E-state index is -0.122. The normalized spacial score (nSPS) is 40.8. The van der Waals surface area contributed by atoms with Crippen LogP contribution in [0.3, 0.4) is 0 Å². The molecule has 0 N–H and O–H groups in total. The average Bonchev–Trinajstić information content (AvgIpc) is 2.54. The molecule has 0 spiro atoms. The Labute approximate surface area is 98.1 Å². The molecule has 2 unspecified atom stereocenters. The van der Waals surface area contributed by atoms with Gasteiger partial charge < -0.3 is 4.74 Å². The maximum Gasteiger partial charge on any atom is 0.302 e. The number of carbonyl (C=O) groups excluding carboxylic acids is 1. The van der Waals surface area contributed by atoms with Gasteiger partial charge in [0, 0.05) is 12.8 Å². The largest absolute Gasteiger partial charge is 0.462 e. The molecule has 2 nitrogen and oxygen atoms in total. The van der Waals surface area contributed by atoms with Crippen molar-refractivity contribution in [2.45, 2.75) is 59.0 Å². The third-order valence-corrected chi connectivity index (χ3v) is 4.58. The predicted molar refractivity (Wildman–Crippen MR) is 64.0 cm³/mol. The standard InChI is InChI=1S/C14H22O2/c1-4-11-7-8-12-13(16-10(2)15)6-5-9-14(11,12)3/h4,12-13H,5-9H2,1-3H3/b11-4+/t12?,13-,14?/m0/s1. The summed E-state index contributed by atoms with van der Waals surface area (Å²) >= 11 is 0. The molecule has 2 aliphatic carbocycles. The van der Waals surface area contributed by atoms with Crippen molar-refractivity contribution >= 4 is 5.97 Å². The van der Waals surface area contributed by atoms with Crippen LogP contribution >= 0.6 is 0 Å². The van der Waals surface area contributed by atoms with E-state index in [0.717, 1.165) is 6.42 Å². The lowest BCUT2D eigenvalue weighted by Crippen LogP contribution is -2.39. The van der Waals surface area contributed by atoms with Gasteiger partial charge in [-0.05, 0) is 44.4 Å². The maximum absolute atomic E-state index is 11.1. The number of hydrogen-bond acceptors (Lipinski definition) is 2. The lowest BCUT2D eigenvalue weighted by atomic mass is 9.66. The van der Waals surface area contributed by atoms with E-state index in [1.807, 2.05) is 0 Å². The fourth-order valence-corrected chi connectivity index (χ4v) is 3.80. The van der Waals surface area contributed by atoms with Crippen molar-refractivity contribution in [3.8, 4) is 0 Å². The van der Waals surface area contributed by atoms with E-state index in [4.69, 9.17) is 4.74 Å². The van der Waals surface area contributed by atoms with Crippen LogP contribution in [-0.2, 0) is 9.53 Å². The van der Waals surface area contributed by atoms with Crippen LogP contribution in [0, 0.1) is 11.3 Å². The van der Waals surface area contributed by atoms with Gasteiger partial charge in [0.2, 0.25) is 0 Å². The smallest absolute Gasteiger partial charge is 0.302 e. The number of allylic oxidation sites excluding steroid dienone is 2. The SMILES string of the molecule is C/C=C1\CCC2[C@@H](OC(C)=O)CCCC12C. The van der Waals surface area contributed by atoms with E-state index in [9.17, 15) is 4.79 Å². The fourth-order valence-electron chi connectivity index (χ4n) is 3.80. The molecular formula is C14H22O2. The predicted octanol–water partition coefficient (Wildman–Crippen LogP) is 3.46. The molecule has 0 radical (unpaired) electrons. The zero-order valence-corrected chi connectivity index (χ0v) is 10.6. The first-order chi connectivity index (χ1) is 7.58. The molecule has 0 bridgehead atoms. The van der Waals surface area contributed by atoms with E-state index < -0.39 is 0 Å². The number of hydrogen-bond donors (Lipinski definition) is 0. The Morgan fingerprint density at radius 2 is 2.25 bits per heavy atom. The van der Waals surface area contributed by atoms with E-state index >= 15 is 0 Å². The Hall–Kier alpha value is -0.790. The lowest BCUT2D eigenvalue weighted by Gasteiger charge is -2.42. The van der Waals surface area contributed by atoms with Gasteiger partial charge in [-0.3, -0.25) is 4.79 Å². The van der Waals surface area contributed by atoms with Crippen LogP contribution in [0.15, 0.2) is 11.6 Å². The summed E-state index contributed by atoms with van der Waals surface area (Å²) < 4.78 is 5.50. The topological polar surface area (TPSA) is 26.3 Å². The first-order valence-electron chi connectivity index (χ1n) is 6.41. The summed E-state index contributed by atoms with van der Waals surface area (Å²) in [6.07, 6.45) is 8.31. The molecule has 2 rings (SSSR count). The number of esters is 1. The summed E-state index contributed by atoms with van der Waals surface area (Å²) in [6, 6.07) is 0. The molecule has 0 aromatic rings. The highest BCUT2D eigenvalue weighted by atomic mass is 16.5. The third kappa shape index (κ3) is 1.79. The fraction of sp³-hybridized carbons (Fsp3) is 0.786. The summed E-state index contributed by atoms with van der Waals surface area (Å²) in [4.78, 5) is 11.1. The summed E-state index contributed by atoms with van der Waals surface area (Å²) in [5.74, 6) is 0.430. The Balaban J connectivity index is 2.19. The number of ether oxygens (including phenoxy) is 1. The van der Waals surface area contributed by atoms with Crippen molar-refractivity contribution in [1.82, 2.24) is 0 Å². The molecule has 2 saturated carbocycles. The second-order valence-corrected chi connectivity index (χ2v) is 5.42. The summed E-state index contributed by atoms with van der Waals surface area (Å²) in [5.41, 5.74) is 1.88. The molecule has 3 atom stereocenters. The van der Waals surface area contributed by atoms with Crippen LogP contribution in [0.2, 0.25) is 0 Å². The minimum absolute atomic E-state index is 0.122. The highest BCUT2D eigenvalue weighted by molar-refractivity contribution is 5.66. The molecule has 0 saturated heterocycles. The molecule has 0 amide bonds. The van der Waals surface area contributed by atoms with Crippen LogP contribution in [0.1, 0.15) is 52.9 Å². The van der Waals surface area contributed by atoms with Crippen LogP contribution in [-0.4, -0.2) is 12.1 Å². The molecular weight excluding hydrogens is 200 g/mol. The second kappa shape index (κ2) is 4.23. The van der Waals surface area contributed by atoms with Gasteiger partial charge in [-0.25, -0.2) is 0 Å². The van der Waals surface area contributed by atoms with Crippen LogP contribution in [0.5, 0.6) is 0 Å². The molecule has 0 aromatic heterocycles. The zero-order chi connectivity index (χ0) is 11.8. The molecule has 2 aliphatic rings.